The van der Waals surface area contributed by atoms with Crippen molar-refractivity contribution >= 4 is 16.9 Å². The summed E-state index contributed by atoms with van der Waals surface area (Å²) in [7, 11) is 0. The molecule has 0 amide bonds. The van der Waals surface area contributed by atoms with Gasteiger partial charge in [0.25, 0.3) is 5.56 Å². The molecular formula is C31H36F2N2O4. The summed E-state index contributed by atoms with van der Waals surface area (Å²) in [5.41, 5.74) is 1.85. The number of benzene rings is 1. The molecule has 208 valence electrons. The van der Waals surface area contributed by atoms with Crippen molar-refractivity contribution in [2.45, 2.75) is 103 Å². The third-order valence-corrected chi connectivity index (χ3v) is 8.39. The first-order valence-electron chi connectivity index (χ1n) is 14.2. The Labute approximate surface area is 227 Å². The Morgan fingerprint density at radius 1 is 0.974 bits per heavy atom. The lowest BCUT2D eigenvalue weighted by Crippen LogP contribution is -2.32. The highest BCUT2D eigenvalue weighted by Gasteiger charge is 2.39. The fourth-order valence-electron chi connectivity index (χ4n) is 6.08. The Morgan fingerprint density at radius 2 is 1.67 bits per heavy atom. The topological polar surface area (TPSA) is 81.4 Å². The Balaban J connectivity index is 1.55. The molecule has 6 nitrogen and oxygen atoms in total. The van der Waals surface area contributed by atoms with Crippen LogP contribution in [0.15, 0.2) is 23.0 Å². The van der Waals surface area contributed by atoms with E-state index in [9.17, 15) is 23.5 Å². The van der Waals surface area contributed by atoms with Crippen LogP contribution in [0.2, 0.25) is 0 Å². The van der Waals surface area contributed by atoms with Gasteiger partial charge in [0.1, 0.15) is 12.2 Å². The lowest BCUT2D eigenvalue weighted by Gasteiger charge is -2.26. The maximum atomic E-state index is 14.4. The maximum Gasteiger partial charge on any atom is 0.309 e. The lowest BCUT2D eigenvalue weighted by atomic mass is 9.85. The second-order valence-corrected chi connectivity index (χ2v) is 11.0. The molecule has 0 radical (unpaired) electrons. The first-order valence-corrected chi connectivity index (χ1v) is 14.2. The summed E-state index contributed by atoms with van der Waals surface area (Å²) in [5, 5.41) is 11.9. The summed E-state index contributed by atoms with van der Waals surface area (Å²) in [4.78, 5) is 30.6. The molecule has 0 unspecified atom stereocenters. The number of aliphatic hydroxyl groups is 1. The van der Waals surface area contributed by atoms with E-state index in [-0.39, 0.29) is 37.1 Å². The predicted octanol–water partition coefficient (Wildman–Crippen LogP) is 6.43. The number of fused-ring (bicyclic) bond motifs is 5. The molecular weight excluding hydrogens is 502 g/mol. The average molecular weight is 539 g/mol. The van der Waals surface area contributed by atoms with Gasteiger partial charge in [-0.15, -0.1) is 0 Å². The van der Waals surface area contributed by atoms with E-state index in [2.05, 4.69) is 6.92 Å². The van der Waals surface area contributed by atoms with Gasteiger partial charge >= 0.3 is 5.97 Å². The van der Waals surface area contributed by atoms with Crippen LogP contribution in [0.4, 0.5) is 8.78 Å². The number of rotatable bonds is 10. The van der Waals surface area contributed by atoms with Crippen molar-refractivity contribution in [2.24, 2.45) is 0 Å². The highest BCUT2D eigenvalue weighted by atomic mass is 19.2. The van der Waals surface area contributed by atoms with E-state index in [1.165, 1.54) is 38.2 Å². The number of esters is 1. The number of hydrogen-bond donors (Lipinski definition) is 1. The zero-order chi connectivity index (χ0) is 27.7. The minimum atomic E-state index is -1.54. The standard InChI is InChI=1S/C31H36F2N2O4/c1-3-5-6-7-8-9-10-11-12-19-20-13-24(32)25(33)15-26(20)34-29-21(19)17-35-27(29)14-23-22(30(35)37)18-39-28(36)16-31(23,38)4-2/h13-15,38H,3-12,16-18H2,1-2H3/t31-/m1/s1. The summed E-state index contributed by atoms with van der Waals surface area (Å²) in [6.07, 6.45) is 9.85. The lowest BCUT2D eigenvalue weighted by molar-refractivity contribution is -0.149. The van der Waals surface area contributed by atoms with Crippen LogP contribution in [0, 0.1) is 11.6 Å². The minimum absolute atomic E-state index is 0.205. The van der Waals surface area contributed by atoms with Gasteiger partial charge in [0.2, 0.25) is 0 Å². The molecule has 3 aromatic rings. The smallest absolute Gasteiger partial charge is 0.309 e. The normalized spacial score (nSPS) is 18.0. The average Bonchev–Trinajstić information content (AvgIpc) is 3.22. The van der Waals surface area contributed by atoms with Crippen molar-refractivity contribution in [3.63, 3.8) is 0 Å². The van der Waals surface area contributed by atoms with Crippen molar-refractivity contribution in [3.8, 4) is 11.4 Å². The van der Waals surface area contributed by atoms with Crippen molar-refractivity contribution in [3.05, 3.63) is 62.4 Å². The molecule has 0 fully saturated rings. The van der Waals surface area contributed by atoms with Gasteiger partial charge in [0.15, 0.2) is 11.6 Å². The number of halogens is 2. The Kier molecular flexibility index (Phi) is 7.85. The van der Waals surface area contributed by atoms with Gasteiger partial charge in [-0.25, -0.2) is 13.8 Å². The van der Waals surface area contributed by atoms with E-state index in [0.717, 1.165) is 36.5 Å². The summed E-state index contributed by atoms with van der Waals surface area (Å²) in [6.45, 7) is 3.99. The number of carbonyl (C=O) groups excluding carboxylic acids is 1. The molecule has 0 aliphatic carbocycles. The number of pyridine rings is 2. The van der Waals surface area contributed by atoms with Gasteiger partial charge in [-0.3, -0.25) is 9.59 Å². The number of ether oxygens (including phenoxy) is 1. The molecule has 4 heterocycles. The molecule has 0 saturated heterocycles. The van der Waals surface area contributed by atoms with Crippen molar-refractivity contribution in [1.29, 1.82) is 0 Å². The summed E-state index contributed by atoms with van der Waals surface area (Å²) in [6, 6.07) is 4.06. The molecule has 5 rings (SSSR count). The zero-order valence-electron chi connectivity index (χ0n) is 22.7. The highest BCUT2D eigenvalue weighted by Crippen LogP contribution is 2.41. The van der Waals surface area contributed by atoms with E-state index < -0.39 is 23.2 Å². The second-order valence-electron chi connectivity index (χ2n) is 11.0. The SMILES string of the molecule is CCCCCCCCCCc1c2c(nc3cc(F)c(F)cc13)-c1cc3c(c(=O)n1C2)COC(=O)C[C@]3(O)CC. The number of nitrogens with zero attached hydrogens (tertiary/aromatic N) is 2. The highest BCUT2D eigenvalue weighted by molar-refractivity contribution is 5.88. The van der Waals surface area contributed by atoms with Gasteiger partial charge < -0.3 is 14.4 Å². The van der Waals surface area contributed by atoms with Crippen LogP contribution in [0.25, 0.3) is 22.3 Å². The third-order valence-electron chi connectivity index (χ3n) is 8.39. The van der Waals surface area contributed by atoms with Gasteiger partial charge in [0, 0.05) is 17.0 Å². The Hall–Kier alpha value is -3.13. The first-order chi connectivity index (χ1) is 18.8. The maximum absolute atomic E-state index is 14.4. The van der Waals surface area contributed by atoms with E-state index in [0.29, 0.717) is 34.3 Å². The number of aryl methyl sites for hydroxylation is 1. The zero-order valence-corrected chi connectivity index (χ0v) is 22.7. The molecule has 8 heteroatoms. The van der Waals surface area contributed by atoms with Crippen LogP contribution in [0.5, 0.6) is 0 Å². The van der Waals surface area contributed by atoms with Crippen LogP contribution < -0.4 is 5.56 Å². The number of aromatic nitrogens is 2. The second kappa shape index (κ2) is 11.2. The molecule has 2 aliphatic heterocycles. The van der Waals surface area contributed by atoms with Crippen LogP contribution in [0.1, 0.15) is 100 Å². The molecule has 2 aromatic heterocycles. The number of hydrogen-bond acceptors (Lipinski definition) is 5. The van der Waals surface area contributed by atoms with E-state index >= 15 is 0 Å². The Morgan fingerprint density at radius 3 is 2.38 bits per heavy atom. The molecule has 0 spiro atoms. The van der Waals surface area contributed by atoms with Crippen LogP contribution in [-0.4, -0.2) is 20.6 Å². The minimum Gasteiger partial charge on any atom is -0.460 e. The summed E-state index contributed by atoms with van der Waals surface area (Å²) < 4.78 is 35.5. The van der Waals surface area contributed by atoms with Crippen LogP contribution >= 0.6 is 0 Å². The number of carbonyl (C=O) groups is 1. The Bertz CT molecular complexity index is 1480. The van der Waals surface area contributed by atoms with Crippen molar-refractivity contribution in [2.75, 3.05) is 0 Å². The van der Waals surface area contributed by atoms with E-state index in [1.807, 2.05) is 0 Å². The molecule has 39 heavy (non-hydrogen) atoms. The van der Waals surface area contributed by atoms with Crippen LogP contribution in [-0.2, 0) is 34.7 Å². The van der Waals surface area contributed by atoms with Gasteiger partial charge in [0.05, 0.1) is 35.4 Å². The fourth-order valence-corrected chi connectivity index (χ4v) is 6.08. The summed E-state index contributed by atoms with van der Waals surface area (Å²) >= 11 is 0. The van der Waals surface area contributed by atoms with E-state index in [4.69, 9.17) is 9.72 Å². The third kappa shape index (κ3) is 5.11. The van der Waals surface area contributed by atoms with Crippen molar-refractivity contribution in [1.82, 2.24) is 9.55 Å². The van der Waals surface area contributed by atoms with Gasteiger partial charge in [-0.1, -0.05) is 58.8 Å². The molecule has 1 N–H and O–H groups in total. The van der Waals surface area contributed by atoms with Gasteiger partial charge in [-0.2, -0.15) is 0 Å². The first kappa shape index (κ1) is 27.4. The summed E-state index contributed by atoms with van der Waals surface area (Å²) in [5.74, 6) is -2.45. The van der Waals surface area contributed by atoms with E-state index in [1.54, 1.807) is 17.6 Å². The number of unbranched alkanes of at least 4 members (excludes halogenated alkanes) is 7. The molecule has 0 bridgehead atoms. The largest absolute Gasteiger partial charge is 0.460 e. The quantitative estimate of drug-likeness (QED) is 0.186. The molecule has 2 aliphatic rings. The van der Waals surface area contributed by atoms with Crippen LogP contribution in [0.3, 0.4) is 0 Å². The van der Waals surface area contributed by atoms with Crippen molar-refractivity contribution < 1.29 is 23.4 Å². The monoisotopic (exact) mass is 538 g/mol. The predicted molar refractivity (Wildman–Crippen MR) is 145 cm³/mol. The number of cyclic esters (lactones) is 1. The molecule has 0 saturated carbocycles. The molecule has 1 atom stereocenters. The van der Waals surface area contributed by atoms with Gasteiger partial charge in [-0.05, 0) is 42.5 Å². The molecule has 1 aromatic carbocycles. The fraction of sp³-hybridized carbons (Fsp3) is 0.516.